The second kappa shape index (κ2) is 8.94. The molecule has 1 unspecified atom stereocenters. The van der Waals surface area contributed by atoms with Gasteiger partial charge in [-0.05, 0) is 37.8 Å². The van der Waals surface area contributed by atoms with Gasteiger partial charge < -0.3 is 15.7 Å². The number of aryl methyl sites for hydroxylation is 1. The predicted octanol–water partition coefficient (Wildman–Crippen LogP) is 2.09. The molecule has 0 aromatic carbocycles. The van der Waals surface area contributed by atoms with Crippen LogP contribution in [0.3, 0.4) is 0 Å². The zero-order valence-corrected chi connectivity index (χ0v) is 12.6. The lowest BCUT2D eigenvalue weighted by atomic mass is 10.1. The minimum Gasteiger partial charge on any atom is -0.481 e. The molecule has 21 heavy (non-hydrogen) atoms. The number of carbonyl (C=O) groups is 2. The number of nitrogens with one attached hydrogen (secondary N) is 2. The molecule has 116 valence electrons. The Morgan fingerprint density at radius 1 is 1.43 bits per heavy atom. The molecule has 0 aliphatic rings. The second-order valence-corrected chi connectivity index (χ2v) is 4.98. The van der Waals surface area contributed by atoms with Gasteiger partial charge in [-0.1, -0.05) is 13.0 Å². The van der Waals surface area contributed by atoms with Crippen molar-refractivity contribution >= 4 is 12.0 Å². The van der Waals surface area contributed by atoms with E-state index in [1.54, 1.807) is 6.20 Å². The first-order valence-corrected chi connectivity index (χ1v) is 7.21. The summed E-state index contributed by atoms with van der Waals surface area (Å²) in [4.78, 5) is 26.4. The van der Waals surface area contributed by atoms with E-state index < -0.39 is 5.97 Å². The molecule has 1 aromatic heterocycles. The lowest BCUT2D eigenvalue weighted by molar-refractivity contribution is -0.137. The fourth-order valence-electron chi connectivity index (χ4n) is 2.02. The maximum absolute atomic E-state index is 11.8. The van der Waals surface area contributed by atoms with Gasteiger partial charge in [0.25, 0.3) is 0 Å². The molecule has 1 atom stereocenters. The van der Waals surface area contributed by atoms with E-state index in [0.717, 1.165) is 17.7 Å². The summed E-state index contributed by atoms with van der Waals surface area (Å²) in [5, 5.41) is 14.1. The summed E-state index contributed by atoms with van der Waals surface area (Å²) < 4.78 is 0. The Hall–Kier alpha value is -2.11. The van der Waals surface area contributed by atoms with E-state index in [1.165, 1.54) is 0 Å². The van der Waals surface area contributed by atoms with E-state index in [-0.39, 0.29) is 18.5 Å². The van der Waals surface area contributed by atoms with Crippen LogP contribution in [-0.2, 0) is 17.8 Å². The maximum Gasteiger partial charge on any atom is 0.315 e. The van der Waals surface area contributed by atoms with Crippen LogP contribution in [0.15, 0.2) is 18.3 Å². The molecule has 1 heterocycles. The number of carbonyl (C=O) groups excluding carboxylic acids is 1. The first-order valence-electron chi connectivity index (χ1n) is 7.21. The number of pyridine rings is 1. The lowest BCUT2D eigenvalue weighted by Gasteiger charge is -2.14. The molecule has 0 fully saturated rings. The third-order valence-corrected chi connectivity index (χ3v) is 3.19. The third-order valence-electron chi connectivity index (χ3n) is 3.19. The van der Waals surface area contributed by atoms with Crippen LogP contribution in [0.4, 0.5) is 4.79 Å². The number of rotatable bonds is 8. The van der Waals surface area contributed by atoms with Crippen molar-refractivity contribution in [2.75, 3.05) is 0 Å². The van der Waals surface area contributed by atoms with Gasteiger partial charge in [-0.25, -0.2) is 4.79 Å². The summed E-state index contributed by atoms with van der Waals surface area (Å²) in [6.07, 6.45) is 3.91. The smallest absolute Gasteiger partial charge is 0.315 e. The SMILES string of the molecule is CCc1cccnc1CNC(=O)NC(C)CCCC(=O)O. The minimum atomic E-state index is -0.811. The Bertz CT molecular complexity index is 477. The largest absolute Gasteiger partial charge is 0.481 e. The van der Waals surface area contributed by atoms with Gasteiger partial charge >= 0.3 is 12.0 Å². The van der Waals surface area contributed by atoms with Gasteiger partial charge in [0.15, 0.2) is 0 Å². The zero-order valence-electron chi connectivity index (χ0n) is 12.6. The van der Waals surface area contributed by atoms with Gasteiger partial charge in [-0.2, -0.15) is 0 Å². The van der Waals surface area contributed by atoms with E-state index >= 15 is 0 Å². The van der Waals surface area contributed by atoms with Crippen LogP contribution >= 0.6 is 0 Å². The van der Waals surface area contributed by atoms with E-state index in [4.69, 9.17) is 5.11 Å². The van der Waals surface area contributed by atoms with Gasteiger partial charge in [0.05, 0.1) is 12.2 Å². The van der Waals surface area contributed by atoms with Gasteiger partial charge in [-0.3, -0.25) is 9.78 Å². The number of carboxylic acid groups (broad SMARTS) is 1. The van der Waals surface area contributed by atoms with Crippen LogP contribution < -0.4 is 10.6 Å². The molecule has 0 radical (unpaired) electrons. The highest BCUT2D eigenvalue weighted by Crippen LogP contribution is 2.05. The highest BCUT2D eigenvalue weighted by atomic mass is 16.4. The molecule has 1 rings (SSSR count). The van der Waals surface area contributed by atoms with Crippen LogP contribution in [0.2, 0.25) is 0 Å². The average molecular weight is 293 g/mol. The summed E-state index contributed by atoms with van der Waals surface area (Å²) in [6, 6.07) is 3.56. The molecule has 0 aliphatic carbocycles. The fraction of sp³-hybridized carbons (Fsp3) is 0.533. The van der Waals surface area contributed by atoms with Crippen molar-refractivity contribution in [1.29, 1.82) is 0 Å². The summed E-state index contributed by atoms with van der Waals surface area (Å²) in [5.41, 5.74) is 1.99. The normalized spacial score (nSPS) is 11.7. The number of aromatic nitrogens is 1. The molecule has 3 N–H and O–H groups in total. The number of amides is 2. The summed E-state index contributed by atoms with van der Waals surface area (Å²) in [5.74, 6) is -0.811. The van der Waals surface area contributed by atoms with E-state index in [1.807, 2.05) is 26.0 Å². The van der Waals surface area contributed by atoms with Crippen molar-refractivity contribution < 1.29 is 14.7 Å². The minimum absolute atomic E-state index is 0.0567. The fourth-order valence-corrected chi connectivity index (χ4v) is 2.02. The second-order valence-electron chi connectivity index (χ2n) is 4.98. The average Bonchev–Trinajstić information content (AvgIpc) is 2.45. The van der Waals surface area contributed by atoms with Crippen molar-refractivity contribution in [1.82, 2.24) is 15.6 Å². The van der Waals surface area contributed by atoms with E-state index in [0.29, 0.717) is 19.4 Å². The zero-order chi connectivity index (χ0) is 15.7. The Morgan fingerprint density at radius 3 is 2.86 bits per heavy atom. The highest BCUT2D eigenvalue weighted by Gasteiger charge is 2.09. The van der Waals surface area contributed by atoms with Gasteiger partial charge in [0, 0.05) is 18.7 Å². The molecule has 0 saturated heterocycles. The summed E-state index contributed by atoms with van der Waals surface area (Å²) in [7, 11) is 0. The van der Waals surface area contributed by atoms with Gasteiger partial charge in [-0.15, -0.1) is 0 Å². The molecule has 6 heteroatoms. The van der Waals surface area contributed by atoms with Gasteiger partial charge in [0.1, 0.15) is 0 Å². The quantitative estimate of drug-likeness (QED) is 0.684. The molecule has 0 spiro atoms. The summed E-state index contributed by atoms with van der Waals surface area (Å²) in [6.45, 7) is 4.29. The first kappa shape index (κ1) is 16.9. The van der Waals surface area contributed by atoms with Crippen molar-refractivity contribution in [3.8, 4) is 0 Å². The Balaban J connectivity index is 2.32. The van der Waals surface area contributed by atoms with Crippen molar-refractivity contribution in [3.63, 3.8) is 0 Å². The van der Waals surface area contributed by atoms with Crippen molar-refractivity contribution in [3.05, 3.63) is 29.6 Å². The molecule has 6 nitrogen and oxygen atoms in total. The van der Waals surface area contributed by atoms with Crippen molar-refractivity contribution in [2.45, 2.75) is 52.1 Å². The molecule has 0 aliphatic heterocycles. The van der Waals surface area contributed by atoms with E-state index in [2.05, 4.69) is 15.6 Å². The van der Waals surface area contributed by atoms with Crippen LogP contribution in [0, 0.1) is 0 Å². The summed E-state index contributed by atoms with van der Waals surface area (Å²) >= 11 is 0. The number of hydrogen-bond acceptors (Lipinski definition) is 3. The maximum atomic E-state index is 11.8. The van der Waals surface area contributed by atoms with Crippen LogP contribution in [0.5, 0.6) is 0 Å². The first-order chi connectivity index (χ1) is 10.0. The molecular weight excluding hydrogens is 270 g/mol. The predicted molar refractivity (Wildman–Crippen MR) is 79.9 cm³/mol. The molecule has 0 saturated carbocycles. The molecule has 2 amide bonds. The number of urea groups is 1. The molecular formula is C15H23N3O3. The lowest BCUT2D eigenvalue weighted by Crippen LogP contribution is -2.40. The van der Waals surface area contributed by atoms with Gasteiger partial charge in [0.2, 0.25) is 0 Å². The van der Waals surface area contributed by atoms with Crippen LogP contribution in [-0.4, -0.2) is 28.1 Å². The Morgan fingerprint density at radius 2 is 2.19 bits per heavy atom. The molecule has 0 bridgehead atoms. The number of hydrogen-bond donors (Lipinski definition) is 3. The van der Waals surface area contributed by atoms with Crippen LogP contribution in [0.25, 0.3) is 0 Å². The monoisotopic (exact) mass is 293 g/mol. The van der Waals surface area contributed by atoms with Crippen molar-refractivity contribution in [2.24, 2.45) is 0 Å². The van der Waals surface area contributed by atoms with E-state index in [9.17, 15) is 9.59 Å². The third kappa shape index (κ3) is 6.74. The highest BCUT2D eigenvalue weighted by molar-refractivity contribution is 5.74. The number of carboxylic acids is 1. The number of nitrogens with zero attached hydrogens (tertiary/aromatic N) is 1. The Labute approximate surface area is 125 Å². The number of aliphatic carboxylic acids is 1. The molecule has 1 aromatic rings. The van der Waals surface area contributed by atoms with Crippen LogP contribution in [0.1, 0.15) is 44.4 Å². The topological polar surface area (TPSA) is 91.3 Å². The Kier molecular flexibility index (Phi) is 7.21. The standard InChI is InChI=1S/C15H23N3O3/c1-3-12-7-5-9-16-13(12)10-17-15(21)18-11(2)6-4-8-14(19)20/h5,7,9,11H,3-4,6,8,10H2,1-2H3,(H,19,20)(H2,17,18,21).